The number of hydrogen-bond donors (Lipinski definition) is 0. The van der Waals surface area contributed by atoms with Gasteiger partial charge >= 0.3 is 0 Å². The fourth-order valence-electron chi connectivity index (χ4n) is 0.716. The van der Waals surface area contributed by atoms with Crippen molar-refractivity contribution in [1.82, 2.24) is 5.06 Å². The number of carbonyl (C=O) groups is 1. The quantitative estimate of drug-likeness (QED) is 0.426. The normalized spacial score (nSPS) is 10.2. The molecule has 0 aromatic carbocycles. The zero-order valence-electron chi connectivity index (χ0n) is 9.12. The lowest BCUT2D eigenvalue weighted by Crippen LogP contribution is -2.29. The van der Waals surface area contributed by atoms with Crippen LogP contribution in [-0.4, -0.2) is 51.6 Å². The molecule has 0 spiro atoms. The Hall–Kier alpha value is -0.650. The summed E-state index contributed by atoms with van der Waals surface area (Å²) in [6, 6.07) is 0. The minimum Gasteiger partial charge on any atom is -0.379 e. The van der Waals surface area contributed by atoms with Gasteiger partial charge in [-0.3, -0.25) is 9.63 Å². The molecule has 0 aliphatic carbocycles. The number of ether oxygens (including phenoxy) is 2. The molecular formula is C9H19NO4. The first-order chi connectivity index (χ1) is 6.72. The Kier molecular flexibility index (Phi) is 8.51. The molecule has 0 fully saturated rings. The molecule has 0 aliphatic heterocycles. The molecule has 0 N–H and O–H groups in total. The Labute approximate surface area is 84.9 Å². The molecule has 1 amide bonds. The topological polar surface area (TPSA) is 48.0 Å². The molecule has 0 heterocycles. The third kappa shape index (κ3) is 6.82. The number of amides is 1. The number of carbonyl (C=O) groups excluding carboxylic acids is 1. The van der Waals surface area contributed by atoms with E-state index in [1.807, 2.05) is 6.92 Å². The molecule has 0 saturated carbocycles. The molecule has 0 atom stereocenters. The first-order valence-electron chi connectivity index (χ1n) is 4.68. The SMILES string of the molecule is CCCOCCOCC(=O)N(C)OC. The van der Waals surface area contributed by atoms with Crippen molar-refractivity contribution < 1.29 is 19.1 Å². The number of nitrogens with zero attached hydrogens (tertiary/aromatic N) is 1. The number of likely N-dealkylation sites (N-methyl/N-ethyl adjacent to an activating group) is 1. The van der Waals surface area contributed by atoms with Crippen molar-refractivity contribution in [3.63, 3.8) is 0 Å². The first-order valence-corrected chi connectivity index (χ1v) is 4.68. The van der Waals surface area contributed by atoms with Crippen molar-refractivity contribution in [2.75, 3.05) is 40.6 Å². The lowest BCUT2D eigenvalue weighted by molar-refractivity contribution is -0.173. The van der Waals surface area contributed by atoms with E-state index in [2.05, 4.69) is 4.84 Å². The van der Waals surface area contributed by atoms with Crippen LogP contribution in [0.4, 0.5) is 0 Å². The van der Waals surface area contributed by atoms with Crippen LogP contribution in [0.25, 0.3) is 0 Å². The van der Waals surface area contributed by atoms with Crippen molar-refractivity contribution in [1.29, 1.82) is 0 Å². The molecule has 5 nitrogen and oxygen atoms in total. The molecule has 84 valence electrons. The molecular weight excluding hydrogens is 186 g/mol. The molecule has 0 rings (SSSR count). The van der Waals surface area contributed by atoms with Gasteiger partial charge in [-0.2, -0.15) is 0 Å². The molecule has 0 unspecified atom stereocenters. The van der Waals surface area contributed by atoms with Crippen LogP contribution in [0.15, 0.2) is 0 Å². The summed E-state index contributed by atoms with van der Waals surface area (Å²) in [5.41, 5.74) is 0. The van der Waals surface area contributed by atoms with Crippen molar-refractivity contribution in [3.8, 4) is 0 Å². The van der Waals surface area contributed by atoms with Gasteiger partial charge in [-0.25, -0.2) is 5.06 Å². The van der Waals surface area contributed by atoms with E-state index < -0.39 is 0 Å². The van der Waals surface area contributed by atoms with Crippen LogP contribution >= 0.6 is 0 Å². The zero-order chi connectivity index (χ0) is 10.8. The standard InChI is InChI=1S/C9H19NO4/c1-4-5-13-6-7-14-8-9(11)10(2)12-3/h4-8H2,1-3H3. The highest BCUT2D eigenvalue weighted by atomic mass is 16.7. The van der Waals surface area contributed by atoms with E-state index in [1.54, 1.807) is 7.05 Å². The van der Waals surface area contributed by atoms with Gasteiger partial charge in [0.15, 0.2) is 0 Å². The van der Waals surface area contributed by atoms with Crippen LogP contribution in [0.3, 0.4) is 0 Å². The Bertz CT molecular complexity index is 152. The summed E-state index contributed by atoms with van der Waals surface area (Å²) < 4.78 is 10.2. The summed E-state index contributed by atoms with van der Waals surface area (Å²) >= 11 is 0. The van der Waals surface area contributed by atoms with Gasteiger partial charge in [0.05, 0.1) is 20.3 Å². The van der Waals surface area contributed by atoms with Crippen LogP contribution in [0.2, 0.25) is 0 Å². The summed E-state index contributed by atoms with van der Waals surface area (Å²) in [5, 5.41) is 1.13. The van der Waals surface area contributed by atoms with Gasteiger partial charge in [0.1, 0.15) is 6.61 Å². The van der Waals surface area contributed by atoms with E-state index >= 15 is 0 Å². The van der Waals surface area contributed by atoms with Gasteiger partial charge < -0.3 is 9.47 Å². The predicted molar refractivity (Wildman–Crippen MR) is 51.7 cm³/mol. The highest BCUT2D eigenvalue weighted by Gasteiger charge is 2.06. The molecule has 0 aliphatic rings. The van der Waals surface area contributed by atoms with Crippen LogP contribution in [-0.2, 0) is 19.1 Å². The largest absolute Gasteiger partial charge is 0.379 e. The highest BCUT2D eigenvalue weighted by Crippen LogP contribution is 1.87. The molecule has 0 radical (unpaired) electrons. The predicted octanol–water partition coefficient (Wildman–Crippen LogP) is 0.449. The third-order valence-corrected chi connectivity index (χ3v) is 1.57. The van der Waals surface area contributed by atoms with Gasteiger partial charge in [0.2, 0.25) is 0 Å². The average Bonchev–Trinajstić information content (AvgIpc) is 2.21. The van der Waals surface area contributed by atoms with Crippen LogP contribution < -0.4 is 0 Å². The third-order valence-electron chi connectivity index (χ3n) is 1.57. The minimum atomic E-state index is -0.206. The summed E-state index contributed by atoms with van der Waals surface area (Å²) in [6.45, 7) is 3.76. The number of rotatable bonds is 8. The number of hydrogen-bond acceptors (Lipinski definition) is 4. The van der Waals surface area contributed by atoms with E-state index in [-0.39, 0.29) is 12.5 Å². The smallest absolute Gasteiger partial charge is 0.271 e. The van der Waals surface area contributed by atoms with Gasteiger partial charge in [-0.05, 0) is 6.42 Å². The first kappa shape index (κ1) is 13.4. The molecule has 5 heteroatoms. The van der Waals surface area contributed by atoms with Gasteiger partial charge in [0, 0.05) is 13.7 Å². The van der Waals surface area contributed by atoms with E-state index in [1.165, 1.54) is 7.11 Å². The van der Waals surface area contributed by atoms with Crippen molar-refractivity contribution in [2.24, 2.45) is 0 Å². The van der Waals surface area contributed by atoms with Crippen molar-refractivity contribution in [2.45, 2.75) is 13.3 Å². The molecule has 0 aromatic rings. The van der Waals surface area contributed by atoms with Crippen molar-refractivity contribution >= 4 is 5.91 Å². The fraction of sp³-hybridized carbons (Fsp3) is 0.889. The van der Waals surface area contributed by atoms with Gasteiger partial charge in [-0.1, -0.05) is 6.92 Å². The second-order valence-electron chi connectivity index (χ2n) is 2.74. The molecule has 0 aromatic heterocycles. The van der Waals surface area contributed by atoms with E-state index in [0.29, 0.717) is 13.2 Å². The Morgan fingerprint density at radius 1 is 1.21 bits per heavy atom. The van der Waals surface area contributed by atoms with Crippen LogP contribution in [0, 0.1) is 0 Å². The maximum atomic E-state index is 11.1. The lowest BCUT2D eigenvalue weighted by atomic mass is 10.5. The van der Waals surface area contributed by atoms with E-state index in [0.717, 1.165) is 18.1 Å². The second-order valence-corrected chi connectivity index (χ2v) is 2.74. The second kappa shape index (κ2) is 8.93. The number of hydroxylamine groups is 2. The molecule has 0 saturated heterocycles. The Morgan fingerprint density at radius 3 is 2.43 bits per heavy atom. The molecule has 0 bridgehead atoms. The fourth-order valence-corrected chi connectivity index (χ4v) is 0.716. The zero-order valence-corrected chi connectivity index (χ0v) is 9.12. The maximum absolute atomic E-state index is 11.1. The maximum Gasteiger partial charge on any atom is 0.271 e. The summed E-state index contributed by atoms with van der Waals surface area (Å²) in [5.74, 6) is -0.206. The van der Waals surface area contributed by atoms with Crippen molar-refractivity contribution in [3.05, 3.63) is 0 Å². The minimum absolute atomic E-state index is 0.0276. The van der Waals surface area contributed by atoms with Gasteiger partial charge in [0.25, 0.3) is 5.91 Å². The van der Waals surface area contributed by atoms with E-state index in [4.69, 9.17) is 9.47 Å². The summed E-state index contributed by atoms with van der Waals surface area (Å²) in [6.07, 6.45) is 0.991. The summed E-state index contributed by atoms with van der Waals surface area (Å²) in [7, 11) is 2.97. The van der Waals surface area contributed by atoms with E-state index in [9.17, 15) is 4.79 Å². The molecule has 14 heavy (non-hydrogen) atoms. The van der Waals surface area contributed by atoms with Gasteiger partial charge in [-0.15, -0.1) is 0 Å². The monoisotopic (exact) mass is 205 g/mol. The summed E-state index contributed by atoms with van der Waals surface area (Å²) in [4.78, 5) is 15.8. The van der Waals surface area contributed by atoms with Crippen LogP contribution in [0.1, 0.15) is 13.3 Å². The highest BCUT2D eigenvalue weighted by molar-refractivity contribution is 5.75. The lowest BCUT2D eigenvalue weighted by Gasteiger charge is -2.13. The Balaban J connectivity index is 3.23. The van der Waals surface area contributed by atoms with Crippen LogP contribution in [0.5, 0.6) is 0 Å². The Morgan fingerprint density at radius 2 is 1.86 bits per heavy atom. The average molecular weight is 205 g/mol.